The van der Waals surface area contributed by atoms with Crippen LogP contribution in [0.25, 0.3) is 0 Å². The third kappa shape index (κ3) is 4.48. The van der Waals surface area contributed by atoms with Crippen molar-refractivity contribution in [2.24, 2.45) is 0 Å². The van der Waals surface area contributed by atoms with Gasteiger partial charge in [-0.1, -0.05) is 50.6 Å². The molecule has 0 bridgehead atoms. The number of nitrogens with one attached hydrogen (secondary N) is 1. The average Bonchev–Trinajstić information content (AvgIpc) is 2.18. The van der Waals surface area contributed by atoms with Crippen LogP contribution in [-0.2, 0) is 0 Å². The standard InChI is InChI=1S/C14H23N/c1-11(2)15-10-9-13(4)14-7-5-12(3)6-8-14/h5-8,11,13,15H,9-10H2,1-4H3. The Hall–Kier alpha value is -0.820. The lowest BCUT2D eigenvalue weighted by atomic mass is 9.97. The highest BCUT2D eigenvalue weighted by molar-refractivity contribution is 5.23. The van der Waals surface area contributed by atoms with Gasteiger partial charge in [-0.25, -0.2) is 0 Å². The molecule has 1 N–H and O–H groups in total. The Morgan fingerprint density at radius 1 is 1.07 bits per heavy atom. The van der Waals surface area contributed by atoms with Crippen LogP contribution in [0.4, 0.5) is 0 Å². The smallest absolute Gasteiger partial charge is 0.00103 e. The average molecular weight is 205 g/mol. The van der Waals surface area contributed by atoms with Crippen LogP contribution in [0.5, 0.6) is 0 Å². The molecule has 0 aliphatic carbocycles. The molecule has 0 radical (unpaired) electrons. The van der Waals surface area contributed by atoms with E-state index in [9.17, 15) is 0 Å². The van der Waals surface area contributed by atoms with Crippen LogP contribution in [0, 0.1) is 6.92 Å². The van der Waals surface area contributed by atoms with Crippen LogP contribution in [0.1, 0.15) is 44.2 Å². The maximum atomic E-state index is 3.46. The molecule has 0 fully saturated rings. The Balaban J connectivity index is 2.40. The van der Waals surface area contributed by atoms with E-state index in [1.54, 1.807) is 0 Å². The first-order chi connectivity index (χ1) is 7.09. The van der Waals surface area contributed by atoms with Gasteiger partial charge >= 0.3 is 0 Å². The summed E-state index contributed by atoms with van der Waals surface area (Å²) >= 11 is 0. The largest absolute Gasteiger partial charge is 0.315 e. The third-order valence-corrected chi connectivity index (χ3v) is 2.78. The third-order valence-electron chi connectivity index (χ3n) is 2.78. The zero-order valence-electron chi connectivity index (χ0n) is 10.4. The molecule has 0 aliphatic heterocycles. The van der Waals surface area contributed by atoms with Crippen molar-refractivity contribution in [3.63, 3.8) is 0 Å². The molecule has 1 heteroatoms. The minimum Gasteiger partial charge on any atom is -0.315 e. The summed E-state index contributed by atoms with van der Waals surface area (Å²) in [5, 5.41) is 3.46. The van der Waals surface area contributed by atoms with Crippen molar-refractivity contribution in [1.29, 1.82) is 0 Å². The summed E-state index contributed by atoms with van der Waals surface area (Å²) in [6.45, 7) is 9.92. The lowest BCUT2D eigenvalue weighted by molar-refractivity contribution is 0.541. The number of aryl methyl sites for hydroxylation is 1. The Kier molecular flexibility index (Phi) is 4.83. The molecule has 1 nitrogen and oxygen atoms in total. The van der Waals surface area contributed by atoms with Gasteiger partial charge in [-0.15, -0.1) is 0 Å². The zero-order chi connectivity index (χ0) is 11.3. The normalized spacial score (nSPS) is 13.1. The summed E-state index contributed by atoms with van der Waals surface area (Å²) < 4.78 is 0. The van der Waals surface area contributed by atoms with Crippen LogP contribution in [0.15, 0.2) is 24.3 Å². The number of benzene rings is 1. The first-order valence-corrected chi connectivity index (χ1v) is 5.89. The molecule has 1 unspecified atom stereocenters. The van der Waals surface area contributed by atoms with Crippen molar-refractivity contribution >= 4 is 0 Å². The lowest BCUT2D eigenvalue weighted by Crippen LogP contribution is -2.24. The molecular formula is C14H23N. The molecule has 0 saturated heterocycles. The maximum Gasteiger partial charge on any atom is 0.00103 e. The van der Waals surface area contributed by atoms with Gasteiger partial charge in [0.25, 0.3) is 0 Å². The minimum atomic E-state index is 0.593. The van der Waals surface area contributed by atoms with Crippen LogP contribution < -0.4 is 5.32 Å². The minimum absolute atomic E-state index is 0.593. The van der Waals surface area contributed by atoms with E-state index in [1.165, 1.54) is 17.5 Å². The molecule has 1 atom stereocenters. The molecule has 0 spiro atoms. The zero-order valence-corrected chi connectivity index (χ0v) is 10.4. The van der Waals surface area contributed by atoms with Crippen molar-refractivity contribution in [3.8, 4) is 0 Å². The number of hydrogen-bond donors (Lipinski definition) is 1. The molecule has 1 aromatic carbocycles. The summed E-state index contributed by atoms with van der Waals surface area (Å²) in [7, 11) is 0. The monoisotopic (exact) mass is 205 g/mol. The molecule has 84 valence electrons. The van der Waals surface area contributed by atoms with Gasteiger partial charge in [0.1, 0.15) is 0 Å². The van der Waals surface area contributed by atoms with E-state index in [1.807, 2.05) is 0 Å². The summed E-state index contributed by atoms with van der Waals surface area (Å²) in [5.74, 6) is 0.650. The molecule has 0 heterocycles. The first kappa shape index (κ1) is 12.3. The van der Waals surface area contributed by atoms with E-state index >= 15 is 0 Å². The second-order valence-electron chi connectivity index (χ2n) is 4.71. The Morgan fingerprint density at radius 2 is 1.67 bits per heavy atom. The molecule has 0 aliphatic rings. The van der Waals surface area contributed by atoms with Gasteiger partial charge < -0.3 is 5.32 Å². The topological polar surface area (TPSA) is 12.0 Å². The molecule has 15 heavy (non-hydrogen) atoms. The summed E-state index contributed by atoms with van der Waals surface area (Å²) in [6.07, 6.45) is 1.21. The van der Waals surface area contributed by atoms with Gasteiger partial charge in [-0.2, -0.15) is 0 Å². The fraction of sp³-hybridized carbons (Fsp3) is 0.571. The van der Waals surface area contributed by atoms with Crippen LogP contribution in [-0.4, -0.2) is 12.6 Å². The van der Waals surface area contributed by atoms with Gasteiger partial charge in [0.2, 0.25) is 0 Å². The fourth-order valence-corrected chi connectivity index (χ4v) is 1.65. The van der Waals surface area contributed by atoms with Crippen LogP contribution in [0.3, 0.4) is 0 Å². The van der Waals surface area contributed by atoms with Gasteiger partial charge in [0.15, 0.2) is 0 Å². The van der Waals surface area contributed by atoms with E-state index in [2.05, 4.69) is 57.3 Å². The molecule has 1 rings (SSSR count). The predicted molar refractivity (Wildman–Crippen MR) is 67.3 cm³/mol. The predicted octanol–water partition coefficient (Wildman–Crippen LogP) is 3.49. The van der Waals surface area contributed by atoms with Gasteiger partial charge in [-0.05, 0) is 31.4 Å². The second kappa shape index (κ2) is 5.92. The Morgan fingerprint density at radius 3 is 2.20 bits per heavy atom. The van der Waals surface area contributed by atoms with E-state index in [-0.39, 0.29) is 0 Å². The quantitative estimate of drug-likeness (QED) is 0.776. The molecular weight excluding hydrogens is 182 g/mol. The van der Waals surface area contributed by atoms with Crippen molar-refractivity contribution in [1.82, 2.24) is 5.32 Å². The SMILES string of the molecule is Cc1ccc(C(C)CCNC(C)C)cc1. The summed E-state index contributed by atoms with van der Waals surface area (Å²) in [4.78, 5) is 0. The van der Waals surface area contributed by atoms with E-state index < -0.39 is 0 Å². The first-order valence-electron chi connectivity index (χ1n) is 5.89. The van der Waals surface area contributed by atoms with Crippen molar-refractivity contribution in [2.75, 3.05) is 6.54 Å². The fourth-order valence-electron chi connectivity index (χ4n) is 1.65. The maximum absolute atomic E-state index is 3.46. The second-order valence-corrected chi connectivity index (χ2v) is 4.71. The molecule has 0 saturated carbocycles. The summed E-state index contributed by atoms with van der Waals surface area (Å²) in [5.41, 5.74) is 2.79. The summed E-state index contributed by atoms with van der Waals surface area (Å²) in [6, 6.07) is 9.48. The van der Waals surface area contributed by atoms with Crippen molar-refractivity contribution in [2.45, 2.75) is 46.1 Å². The van der Waals surface area contributed by atoms with Crippen LogP contribution >= 0.6 is 0 Å². The van der Waals surface area contributed by atoms with Crippen molar-refractivity contribution < 1.29 is 0 Å². The lowest BCUT2D eigenvalue weighted by Gasteiger charge is -2.14. The molecule has 0 aromatic heterocycles. The highest BCUT2D eigenvalue weighted by Crippen LogP contribution is 2.18. The van der Waals surface area contributed by atoms with E-state index in [0.29, 0.717) is 12.0 Å². The van der Waals surface area contributed by atoms with E-state index in [0.717, 1.165) is 6.54 Å². The molecule has 0 amide bonds. The van der Waals surface area contributed by atoms with E-state index in [4.69, 9.17) is 0 Å². The van der Waals surface area contributed by atoms with Gasteiger partial charge in [-0.3, -0.25) is 0 Å². The van der Waals surface area contributed by atoms with Crippen molar-refractivity contribution in [3.05, 3.63) is 35.4 Å². The van der Waals surface area contributed by atoms with Crippen LogP contribution in [0.2, 0.25) is 0 Å². The Bertz CT molecular complexity index is 274. The highest BCUT2D eigenvalue weighted by atomic mass is 14.9. The Labute approximate surface area is 93.9 Å². The van der Waals surface area contributed by atoms with Gasteiger partial charge in [0.05, 0.1) is 0 Å². The number of hydrogen-bond acceptors (Lipinski definition) is 1. The molecule has 1 aromatic rings. The van der Waals surface area contributed by atoms with Gasteiger partial charge in [0, 0.05) is 6.04 Å². The number of rotatable bonds is 5. The highest BCUT2D eigenvalue weighted by Gasteiger charge is 2.04.